The number of thioether (sulfide) groups is 1. The van der Waals surface area contributed by atoms with Gasteiger partial charge in [0.1, 0.15) is 5.75 Å². The van der Waals surface area contributed by atoms with E-state index < -0.39 is 0 Å². The number of hydrogen-bond acceptors (Lipinski definition) is 4. The van der Waals surface area contributed by atoms with Crippen LogP contribution in [0.5, 0.6) is 5.75 Å². The average Bonchev–Trinajstić information content (AvgIpc) is 2.76. The van der Waals surface area contributed by atoms with Gasteiger partial charge in [0.15, 0.2) is 5.16 Å². The largest absolute Gasteiger partial charge is 0.494 e. The molecule has 1 saturated carbocycles. The first kappa shape index (κ1) is 14.7. The molecule has 0 bridgehead atoms. The molecule has 0 amide bonds. The fourth-order valence-electron chi connectivity index (χ4n) is 2.81. The van der Waals surface area contributed by atoms with Crippen LogP contribution in [0, 0.1) is 0 Å². The van der Waals surface area contributed by atoms with Crippen molar-refractivity contribution in [1.82, 2.24) is 9.97 Å². The molecule has 2 aromatic rings. The van der Waals surface area contributed by atoms with Crippen LogP contribution >= 0.6 is 11.8 Å². The molecular formula is C16H22N2O2S. The van der Waals surface area contributed by atoms with E-state index in [2.05, 4.69) is 9.97 Å². The molecule has 2 atom stereocenters. The lowest BCUT2D eigenvalue weighted by molar-refractivity contribution is 0.163. The van der Waals surface area contributed by atoms with Crippen molar-refractivity contribution in [1.29, 1.82) is 0 Å². The number of aromatic amines is 1. The van der Waals surface area contributed by atoms with Gasteiger partial charge in [-0.3, -0.25) is 0 Å². The van der Waals surface area contributed by atoms with Gasteiger partial charge in [0.2, 0.25) is 0 Å². The molecule has 1 aliphatic rings. The molecule has 0 spiro atoms. The molecule has 21 heavy (non-hydrogen) atoms. The molecule has 5 heteroatoms. The van der Waals surface area contributed by atoms with Crippen molar-refractivity contribution in [2.24, 2.45) is 0 Å². The normalized spacial score (nSPS) is 23.1. The van der Waals surface area contributed by atoms with E-state index in [4.69, 9.17) is 4.74 Å². The number of aliphatic hydroxyl groups excluding tert-OH is 1. The van der Waals surface area contributed by atoms with Crippen molar-refractivity contribution >= 4 is 22.8 Å². The maximum Gasteiger partial charge on any atom is 0.166 e. The van der Waals surface area contributed by atoms with Gasteiger partial charge in [0, 0.05) is 11.3 Å². The minimum Gasteiger partial charge on any atom is -0.494 e. The van der Waals surface area contributed by atoms with Crippen LogP contribution < -0.4 is 4.74 Å². The SMILES string of the molecule is CCOc1ccc2nc(SC3CCCCCC3O)[nH]c2c1. The molecule has 2 unspecified atom stereocenters. The fraction of sp³-hybridized carbons (Fsp3) is 0.562. The molecule has 0 radical (unpaired) electrons. The van der Waals surface area contributed by atoms with Crippen LogP contribution in [0.4, 0.5) is 0 Å². The number of ether oxygens (including phenoxy) is 1. The predicted octanol–water partition coefficient (Wildman–Crippen LogP) is 3.75. The molecule has 2 N–H and O–H groups in total. The van der Waals surface area contributed by atoms with E-state index in [0.29, 0.717) is 6.61 Å². The summed E-state index contributed by atoms with van der Waals surface area (Å²) in [4.78, 5) is 7.96. The first-order chi connectivity index (χ1) is 10.3. The maximum atomic E-state index is 10.2. The van der Waals surface area contributed by atoms with Gasteiger partial charge in [-0.2, -0.15) is 0 Å². The van der Waals surface area contributed by atoms with Crippen molar-refractivity contribution in [3.05, 3.63) is 18.2 Å². The number of H-pyrrole nitrogens is 1. The number of hydrogen-bond donors (Lipinski definition) is 2. The van der Waals surface area contributed by atoms with Gasteiger partial charge >= 0.3 is 0 Å². The number of imidazole rings is 1. The van der Waals surface area contributed by atoms with E-state index in [1.165, 1.54) is 12.8 Å². The quantitative estimate of drug-likeness (QED) is 0.845. The average molecular weight is 306 g/mol. The van der Waals surface area contributed by atoms with Crippen LogP contribution in [0.25, 0.3) is 11.0 Å². The zero-order valence-corrected chi connectivity index (χ0v) is 13.2. The Labute approximate surface area is 129 Å². The number of benzene rings is 1. The lowest BCUT2D eigenvalue weighted by atomic mass is 10.1. The van der Waals surface area contributed by atoms with Gasteiger partial charge < -0.3 is 14.8 Å². The zero-order chi connectivity index (χ0) is 14.7. The van der Waals surface area contributed by atoms with Crippen molar-refractivity contribution in [3.63, 3.8) is 0 Å². The first-order valence-electron chi connectivity index (χ1n) is 7.73. The fourth-order valence-corrected chi connectivity index (χ4v) is 4.00. The maximum absolute atomic E-state index is 10.2. The Balaban J connectivity index is 1.77. The molecule has 1 fully saturated rings. The molecular weight excluding hydrogens is 284 g/mol. The van der Waals surface area contributed by atoms with Gasteiger partial charge in [-0.05, 0) is 31.9 Å². The molecule has 1 heterocycles. The highest BCUT2D eigenvalue weighted by Crippen LogP contribution is 2.33. The molecule has 4 nitrogen and oxygen atoms in total. The number of fused-ring (bicyclic) bond motifs is 1. The Hall–Kier alpha value is -1.20. The number of nitrogens with zero attached hydrogens (tertiary/aromatic N) is 1. The number of aromatic nitrogens is 2. The van der Waals surface area contributed by atoms with Crippen molar-refractivity contribution in [2.75, 3.05) is 6.61 Å². The Morgan fingerprint density at radius 3 is 3.05 bits per heavy atom. The van der Waals surface area contributed by atoms with Crippen molar-refractivity contribution < 1.29 is 9.84 Å². The minimum atomic E-state index is -0.218. The van der Waals surface area contributed by atoms with Crippen LogP contribution in [0.15, 0.2) is 23.4 Å². The van der Waals surface area contributed by atoms with Crippen LogP contribution in [-0.4, -0.2) is 33.0 Å². The second kappa shape index (κ2) is 6.71. The molecule has 3 rings (SSSR count). The van der Waals surface area contributed by atoms with Crippen molar-refractivity contribution in [2.45, 2.75) is 55.5 Å². The third-order valence-electron chi connectivity index (χ3n) is 3.92. The molecule has 0 aliphatic heterocycles. The number of aliphatic hydroxyl groups is 1. The van der Waals surface area contributed by atoms with E-state index >= 15 is 0 Å². The lowest BCUT2D eigenvalue weighted by Crippen LogP contribution is -2.21. The summed E-state index contributed by atoms with van der Waals surface area (Å²) < 4.78 is 5.51. The Kier molecular flexibility index (Phi) is 4.70. The summed E-state index contributed by atoms with van der Waals surface area (Å²) in [5.74, 6) is 0.861. The summed E-state index contributed by atoms with van der Waals surface area (Å²) >= 11 is 1.67. The Morgan fingerprint density at radius 1 is 1.33 bits per heavy atom. The van der Waals surface area contributed by atoms with E-state index in [1.54, 1.807) is 11.8 Å². The van der Waals surface area contributed by atoms with Crippen LogP contribution in [0.3, 0.4) is 0 Å². The highest BCUT2D eigenvalue weighted by Gasteiger charge is 2.23. The molecule has 1 aromatic heterocycles. The molecule has 114 valence electrons. The van der Waals surface area contributed by atoms with Crippen molar-refractivity contribution in [3.8, 4) is 5.75 Å². The molecule has 0 saturated heterocycles. The Bertz CT molecular complexity index is 599. The Morgan fingerprint density at radius 2 is 2.19 bits per heavy atom. The third-order valence-corrected chi connectivity index (χ3v) is 5.19. The van der Waals surface area contributed by atoms with Gasteiger partial charge in [-0.25, -0.2) is 4.98 Å². The van der Waals surface area contributed by atoms with Gasteiger partial charge in [0.25, 0.3) is 0 Å². The lowest BCUT2D eigenvalue weighted by Gasteiger charge is -2.17. The third kappa shape index (κ3) is 3.52. The second-order valence-electron chi connectivity index (χ2n) is 5.52. The summed E-state index contributed by atoms with van der Waals surface area (Å²) in [5.41, 5.74) is 1.94. The monoisotopic (exact) mass is 306 g/mol. The molecule has 1 aromatic carbocycles. The summed E-state index contributed by atoms with van der Waals surface area (Å²) in [6.07, 6.45) is 5.31. The summed E-state index contributed by atoms with van der Waals surface area (Å²) in [6.45, 7) is 2.64. The van der Waals surface area contributed by atoms with Gasteiger partial charge in [0.05, 0.1) is 23.7 Å². The van der Waals surface area contributed by atoms with Gasteiger partial charge in [-0.15, -0.1) is 0 Å². The van der Waals surface area contributed by atoms with Crippen LogP contribution in [0.2, 0.25) is 0 Å². The smallest absolute Gasteiger partial charge is 0.166 e. The van der Waals surface area contributed by atoms with E-state index in [9.17, 15) is 5.11 Å². The predicted molar refractivity (Wildman–Crippen MR) is 86.0 cm³/mol. The summed E-state index contributed by atoms with van der Waals surface area (Å²) in [7, 11) is 0. The van der Waals surface area contributed by atoms with Crippen LogP contribution in [-0.2, 0) is 0 Å². The van der Waals surface area contributed by atoms with E-state index in [-0.39, 0.29) is 11.4 Å². The van der Waals surface area contributed by atoms with Crippen LogP contribution in [0.1, 0.15) is 39.0 Å². The molecule has 1 aliphatic carbocycles. The topological polar surface area (TPSA) is 58.1 Å². The first-order valence-corrected chi connectivity index (χ1v) is 8.61. The summed E-state index contributed by atoms with van der Waals surface area (Å²) in [5, 5.41) is 11.4. The second-order valence-corrected chi connectivity index (χ2v) is 6.74. The number of rotatable bonds is 4. The zero-order valence-electron chi connectivity index (χ0n) is 12.3. The minimum absolute atomic E-state index is 0.218. The summed E-state index contributed by atoms with van der Waals surface area (Å²) in [6, 6.07) is 5.91. The number of nitrogens with one attached hydrogen (secondary N) is 1. The van der Waals surface area contributed by atoms with E-state index in [1.807, 2.05) is 25.1 Å². The van der Waals surface area contributed by atoms with Gasteiger partial charge in [-0.1, -0.05) is 31.0 Å². The highest BCUT2D eigenvalue weighted by atomic mass is 32.2. The standard InChI is InChI=1S/C16H22N2O2S/c1-2-20-11-8-9-12-13(10-11)18-16(17-12)21-15-7-5-3-4-6-14(15)19/h8-10,14-15,19H,2-7H2,1H3,(H,17,18). The highest BCUT2D eigenvalue weighted by molar-refractivity contribution is 7.99. The van der Waals surface area contributed by atoms with E-state index in [0.717, 1.165) is 41.2 Å².